The molecule has 1 aliphatic heterocycles. The standard InChI is InChI=1S/C19H22N4O/c24-19(16-9-5-2-6-10-16)22-12-11-17(13-22)23-14-18(20-21-23)15-7-3-1-4-8-15/h1-5,7-8,14,16-17H,6,9-13H2/t16-,17+/m1/s1. The Labute approximate surface area is 142 Å². The molecule has 2 aliphatic rings. The number of benzene rings is 1. The van der Waals surface area contributed by atoms with Crippen molar-refractivity contribution in [3.8, 4) is 11.3 Å². The van der Waals surface area contributed by atoms with E-state index in [0.717, 1.165) is 50.0 Å². The monoisotopic (exact) mass is 322 g/mol. The van der Waals surface area contributed by atoms with Gasteiger partial charge in [0.2, 0.25) is 5.91 Å². The largest absolute Gasteiger partial charge is 0.340 e. The summed E-state index contributed by atoms with van der Waals surface area (Å²) >= 11 is 0. The highest BCUT2D eigenvalue weighted by Gasteiger charge is 2.32. The minimum absolute atomic E-state index is 0.171. The Morgan fingerprint density at radius 2 is 2.00 bits per heavy atom. The molecule has 1 saturated heterocycles. The highest BCUT2D eigenvalue weighted by Crippen LogP contribution is 2.27. The average molecular weight is 322 g/mol. The summed E-state index contributed by atoms with van der Waals surface area (Å²) in [5, 5.41) is 8.59. The number of hydrogen-bond donors (Lipinski definition) is 0. The molecule has 1 amide bonds. The molecular formula is C19H22N4O. The van der Waals surface area contributed by atoms with Crippen LogP contribution in [0, 0.1) is 5.92 Å². The molecule has 4 rings (SSSR count). The van der Waals surface area contributed by atoms with E-state index in [0.29, 0.717) is 5.91 Å². The van der Waals surface area contributed by atoms with E-state index in [1.54, 1.807) is 0 Å². The van der Waals surface area contributed by atoms with E-state index in [1.807, 2.05) is 46.1 Å². The normalized spacial score (nSPS) is 23.6. The molecule has 5 heteroatoms. The number of likely N-dealkylation sites (tertiary alicyclic amines) is 1. The van der Waals surface area contributed by atoms with Crippen molar-refractivity contribution >= 4 is 5.91 Å². The molecule has 2 heterocycles. The summed E-state index contributed by atoms with van der Waals surface area (Å²) < 4.78 is 1.93. The molecule has 0 saturated carbocycles. The lowest BCUT2D eigenvalue weighted by atomic mass is 9.93. The van der Waals surface area contributed by atoms with Crippen molar-refractivity contribution in [2.45, 2.75) is 31.7 Å². The van der Waals surface area contributed by atoms with Crippen LogP contribution in [0.4, 0.5) is 0 Å². The average Bonchev–Trinajstić information content (AvgIpc) is 3.32. The summed E-state index contributed by atoms with van der Waals surface area (Å²) in [6.45, 7) is 1.57. The number of hydrogen-bond acceptors (Lipinski definition) is 3. The molecule has 1 aromatic carbocycles. The van der Waals surface area contributed by atoms with E-state index in [-0.39, 0.29) is 12.0 Å². The van der Waals surface area contributed by atoms with Gasteiger partial charge in [-0.25, -0.2) is 4.68 Å². The molecule has 0 bridgehead atoms. The zero-order valence-corrected chi connectivity index (χ0v) is 13.7. The first-order chi connectivity index (χ1) is 11.8. The number of allylic oxidation sites excluding steroid dienone is 2. The second-order valence-corrected chi connectivity index (χ2v) is 6.66. The van der Waals surface area contributed by atoms with E-state index < -0.39 is 0 Å². The lowest BCUT2D eigenvalue weighted by molar-refractivity contribution is -0.134. The van der Waals surface area contributed by atoms with E-state index in [4.69, 9.17) is 0 Å². The Morgan fingerprint density at radius 1 is 1.12 bits per heavy atom. The first-order valence-electron chi connectivity index (χ1n) is 8.72. The van der Waals surface area contributed by atoms with Gasteiger partial charge >= 0.3 is 0 Å². The highest BCUT2D eigenvalue weighted by molar-refractivity contribution is 5.79. The van der Waals surface area contributed by atoms with Crippen LogP contribution in [0.25, 0.3) is 11.3 Å². The van der Waals surface area contributed by atoms with Crippen LogP contribution >= 0.6 is 0 Å². The SMILES string of the molecule is O=C([C@@H]1CC=CCC1)N1CC[C@H](n2cc(-c3ccccc3)nn2)C1. The van der Waals surface area contributed by atoms with Gasteiger partial charge in [0.25, 0.3) is 0 Å². The fourth-order valence-electron chi connectivity index (χ4n) is 3.63. The van der Waals surface area contributed by atoms with Crippen LogP contribution in [-0.2, 0) is 4.79 Å². The summed E-state index contributed by atoms with van der Waals surface area (Å²) in [5.74, 6) is 0.481. The molecule has 0 N–H and O–H groups in total. The van der Waals surface area contributed by atoms with E-state index in [9.17, 15) is 4.79 Å². The van der Waals surface area contributed by atoms with Crippen molar-refractivity contribution < 1.29 is 4.79 Å². The number of nitrogens with zero attached hydrogens (tertiary/aromatic N) is 4. The maximum Gasteiger partial charge on any atom is 0.226 e. The summed E-state index contributed by atoms with van der Waals surface area (Å²) in [7, 11) is 0. The van der Waals surface area contributed by atoms with Crippen LogP contribution in [0.3, 0.4) is 0 Å². The summed E-state index contributed by atoms with van der Waals surface area (Å²) in [4.78, 5) is 14.7. The molecule has 0 radical (unpaired) electrons. The Kier molecular flexibility index (Phi) is 4.15. The van der Waals surface area contributed by atoms with Crippen LogP contribution in [0.1, 0.15) is 31.7 Å². The third-order valence-corrected chi connectivity index (χ3v) is 5.05. The summed E-state index contributed by atoms with van der Waals surface area (Å²) in [5.41, 5.74) is 1.96. The molecule has 2 atom stereocenters. The predicted molar refractivity (Wildman–Crippen MR) is 92.2 cm³/mol. The maximum absolute atomic E-state index is 12.7. The Hall–Kier alpha value is -2.43. The molecule has 124 valence electrons. The van der Waals surface area contributed by atoms with Gasteiger partial charge in [-0.3, -0.25) is 4.79 Å². The van der Waals surface area contributed by atoms with Crippen molar-refractivity contribution in [3.63, 3.8) is 0 Å². The Morgan fingerprint density at radius 3 is 2.79 bits per heavy atom. The van der Waals surface area contributed by atoms with Gasteiger partial charge in [0.15, 0.2) is 0 Å². The van der Waals surface area contributed by atoms with Crippen LogP contribution in [0.5, 0.6) is 0 Å². The predicted octanol–water partition coefficient (Wildman–Crippen LogP) is 3.07. The van der Waals surface area contributed by atoms with Gasteiger partial charge in [0, 0.05) is 24.6 Å². The third-order valence-electron chi connectivity index (χ3n) is 5.05. The zero-order valence-electron chi connectivity index (χ0n) is 13.7. The molecule has 0 unspecified atom stereocenters. The van der Waals surface area contributed by atoms with Crippen molar-refractivity contribution in [1.82, 2.24) is 19.9 Å². The first kappa shape index (κ1) is 15.1. The van der Waals surface area contributed by atoms with Crippen LogP contribution in [-0.4, -0.2) is 38.9 Å². The Balaban J connectivity index is 1.43. The van der Waals surface area contributed by atoms with Crippen molar-refractivity contribution in [2.24, 2.45) is 5.92 Å². The topological polar surface area (TPSA) is 51.0 Å². The summed E-state index contributed by atoms with van der Waals surface area (Å²) in [6, 6.07) is 10.3. The van der Waals surface area contributed by atoms with E-state index in [2.05, 4.69) is 22.5 Å². The van der Waals surface area contributed by atoms with Crippen molar-refractivity contribution in [1.29, 1.82) is 0 Å². The second kappa shape index (κ2) is 6.59. The number of amides is 1. The van der Waals surface area contributed by atoms with E-state index in [1.165, 1.54) is 0 Å². The van der Waals surface area contributed by atoms with Crippen LogP contribution in [0.15, 0.2) is 48.7 Å². The molecule has 1 fully saturated rings. The van der Waals surface area contributed by atoms with E-state index >= 15 is 0 Å². The van der Waals surface area contributed by atoms with Crippen LogP contribution < -0.4 is 0 Å². The van der Waals surface area contributed by atoms with Gasteiger partial charge < -0.3 is 4.90 Å². The smallest absolute Gasteiger partial charge is 0.226 e. The molecule has 5 nitrogen and oxygen atoms in total. The lowest BCUT2D eigenvalue weighted by Gasteiger charge is -2.24. The second-order valence-electron chi connectivity index (χ2n) is 6.66. The van der Waals surface area contributed by atoms with Gasteiger partial charge in [0.1, 0.15) is 5.69 Å². The van der Waals surface area contributed by atoms with Crippen LogP contribution in [0.2, 0.25) is 0 Å². The fourth-order valence-corrected chi connectivity index (χ4v) is 3.63. The lowest BCUT2D eigenvalue weighted by Crippen LogP contribution is -2.35. The number of rotatable bonds is 3. The van der Waals surface area contributed by atoms with Crippen molar-refractivity contribution in [3.05, 3.63) is 48.7 Å². The van der Waals surface area contributed by atoms with Gasteiger partial charge in [0.05, 0.1) is 12.2 Å². The molecule has 1 aromatic heterocycles. The maximum atomic E-state index is 12.7. The molecule has 1 aliphatic carbocycles. The highest BCUT2D eigenvalue weighted by atomic mass is 16.2. The fraction of sp³-hybridized carbons (Fsp3) is 0.421. The molecule has 2 aromatic rings. The number of carbonyl (C=O) groups is 1. The minimum atomic E-state index is 0.171. The zero-order chi connectivity index (χ0) is 16.4. The summed E-state index contributed by atoms with van der Waals surface area (Å²) in [6.07, 6.45) is 10.2. The van der Waals surface area contributed by atoms with Gasteiger partial charge in [-0.1, -0.05) is 47.7 Å². The molecule has 24 heavy (non-hydrogen) atoms. The number of carbonyl (C=O) groups excluding carboxylic acids is 1. The molecule has 0 spiro atoms. The van der Waals surface area contributed by atoms with Gasteiger partial charge in [-0.2, -0.15) is 0 Å². The van der Waals surface area contributed by atoms with Gasteiger partial charge in [-0.15, -0.1) is 5.10 Å². The first-order valence-corrected chi connectivity index (χ1v) is 8.72. The minimum Gasteiger partial charge on any atom is -0.340 e. The third kappa shape index (κ3) is 2.98. The quantitative estimate of drug-likeness (QED) is 0.816. The Bertz CT molecular complexity index is 737. The number of aromatic nitrogens is 3. The molecular weight excluding hydrogens is 300 g/mol. The van der Waals surface area contributed by atoms with Gasteiger partial charge in [-0.05, 0) is 25.7 Å². The van der Waals surface area contributed by atoms with Crippen molar-refractivity contribution in [2.75, 3.05) is 13.1 Å².